The zero-order valence-electron chi connectivity index (χ0n) is 38.2. The number of hydrogen-bond donors (Lipinski definition) is 6. The molecule has 0 aliphatic carbocycles. The molecule has 59 heavy (non-hydrogen) atoms. The Labute approximate surface area is 353 Å². The van der Waals surface area contributed by atoms with E-state index < -0.39 is 0 Å². The highest BCUT2D eigenvalue weighted by molar-refractivity contribution is 5.77. The monoisotopic (exact) mass is 807 g/mol. The van der Waals surface area contributed by atoms with Crippen molar-refractivity contribution >= 4 is 11.8 Å². The number of hydrogen-bond acceptors (Lipinski definition) is 6. The zero-order chi connectivity index (χ0) is 44.4. The number of carbonyl (C=O) groups excluding carboxylic acids is 2. The highest BCUT2D eigenvalue weighted by Gasteiger charge is 2.28. The smallest absolute Gasteiger partial charge is 0.220 e. The van der Waals surface area contributed by atoms with Crippen LogP contribution in [0.15, 0.2) is 48.5 Å². The number of nitrogens with one attached hydrogen (secondary N) is 2. The summed E-state index contributed by atoms with van der Waals surface area (Å²) < 4.78 is 0. The van der Waals surface area contributed by atoms with Crippen LogP contribution in [0.25, 0.3) is 0 Å². The summed E-state index contributed by atoms with van der Waals surface area (Å²) in [5.41, 5.74) is 8.70. The third kappa shape index (κ3) is 12.1. The molecule has 4 aromatic carbocycles. The summed E-state index contributed by atoms with van der Waals surface area (Å²) in [6.45, 7) is 29.1. The Morgan fingerprint density at radius 2 is 0.729 bits per heavy atom. The van der Waals surface area contributed by atoms with E-state index in [1.54, 1.807) is 0 Å². The van der Waals surface area contributed by atoms with Crippen LogP contribution in [0.2, 0.25) is 0 Å². The minimum Gasteiger partial charge on any atom is -0.507 e. The molecule has 320 valence electrons. The lowest BCUT2D eigenvalue weighted by Crippen LogP contribution is -2.23. The van der Waals surface area contributed by atoms with Crippen molar-refractivity contribution in [2.24, 2.45) is 0 Å². The van der Waals surface area contributed by atoms with E-state index >= 15 is 0 Å². The summed E-state index contributed by atoms with van der Waals surface area (Å²) in [7, 11) is 0. The number of phenolic OH excluding ortho intramolecular Hbond substituents is 4. The quantitative estimate of drug-likeness (QED) is 0.0843. The van der Waals surface area contributed by atoms with Gasteiger partial charge in [-0.2, -0.15) is 0 Å². The fourth-order valence-electron chi connectivity index (χ4n) is 7.60. The van der Waals surface area contributed by atoms with Gasteiger partial charge in [-0.25, -0.2) is 0 Å². The predicted molar refractivity (Wildman–Crippen MR) is 240 cm³/mol. The average Bonchev–Trinajstić information content (AvgIpc) is 3.10. The van der Waals surface area contributed by atoms with Gasteiger partial charge in [0.25, 0.3) is 0 Å². The van der Waals surface area contributed by atoms with Crippen molar-refractivity contribution in [1.82, 2.24) is 10.6 Å². The van der Waals surface area contributed by atoms with Gasteiger partial charge in [0.15, 0.2) is 0 Å². The van der Waals surface area contributed by atoms with E-state index in [1.165, 1.54) is 0 Å². The molecule has 0 aliphatic heterocycles. The molecular weight excluding hydrogens is 737 g/mol. The van der Waals surface area contributed by atoms with Gasteiger partial charge in [-0.05, 0) is 127 Å². The van der Waals surface area contributed by atoms with E-state index in [-0.39, 0.29) is 77.3 Å². The molecule has 8 heteroatoms. The lowest BCUT2D eigenvalue weighted by Gasteiger charge is -2.28. The number of aryl methyl sites for hydroxylation is 4. The van der Waals surface area contributed by atoms with Crippen LogP contribution in [0, 0.1) is 13.8 Å². The molecule has 0 saturated carbocycles. The number of rotatable bonds is 12. The van der Waals surface area contributed by atoms with Gasteiger partial charge in [-0.15, -0.1) is 0 Å². The molecule has 6 N–H and O–H groups in total. The van der Waals surface area contributed by atoms with Crippen LogP contribution < -0.4 is 10.6 Å². The molecule has 0 radical (unpaired) electrons. The van der Waals surface area contributed by atoms with Crippen LogP contribution in [-0.2, 0) is 63.6 Å². The van der Waals surface area contributed by atoms with Gasteiger partial charge in [-0.3, -0.25) is 9.59 Å². The number of amides is 2. The van der Waals surface area contributed by atoms with Crippen LogP contribution in [0.5, 0.6) is 23.0 Å². The first-order valence-corrected chi connectivity index (χ1v) is 21.0. The second kappa shape index (κ2) is 17.7. The highest BCUT2D eigenvalue weighted by atomic mass is 16.3. The van der Waals surface area contributed by atoms with Crippen molar-refractivity contribution in [2.75, 3.05) is 0 Å². The van der Waals surface area contributed by atoms with Crippen LogP contribution >= 0.6 is 0 Å². The minimum atomic E-state index is -0.256. The third-order valence-corrected chi connectivity index (χ3v) is 11.1. The Kier molecular flexibility index (Phi) is 14.0. The molecule has 0 heterocycles. The Morgan fingerprint density at radius 1 is 0.441 bits per heavy atom. The number of phenols is 4. The number of aromatic hydroxyl groups is 4. The van der Waals surface area contributed by atoms with Crippen molar-refractivity contribution in [3.8, 4) is 23.0 Å². The van der Waals surface area contributed by atoms with Gasteiger partial charge in [0, 0.05) is 32.4 Å². The highest BCUT2D eigenvalue weighted by Crippen LogP contribution is 2.41. The average molecular weight is 807 g/mol. The molecule has 0 aliphatic rings. The maximum absolute atomic E-state index is 13.1. The summed E-state index contributed by atoms with van der Waals surface area (Å²) in [5.74, 6) is 0.699. The van der Waals surface area contributed by atoms with Gasteiger partial charge in [0.1, 0.15) is 23.0 Å². The second-order valence-corrected chi connectivity index (χ2v) is 20.7. The first-order valence-electron chi connectivity index (χ1n) is 21.0. The Morgan fingerprint density at radius 3 is 1.00 bits per heavy atom. The van der Waals surface area contributed by atoms with E-state index in [0.717, 1.165) is 44.5 Å². The van der Waals surface area contributed by atoms with Gasteiger partial charge < -0.3 is 31.1 Å². The first-order chi connectivity index (χ1) is 27.1. The summed E-state index contributed by atoms with van der Waals surface area (Å²) in [6.07, 6.45) is 1.88. The largest absolute Gasteiger partial charge is 0.507 e. The normalized spacial score (nSPS) is 12.4. The van der Waals surface area contributed by atoms with Crippen molar-refractivity contribution in [2.45, 2.75) is 164 Å². The summed E-state index contributed by atoms with van der Waals surface area (Å²) in [6, 6.07) is 15.5. The maximum atomic E-state index is 13.1. The molecule has 0 bridgehead atoms. The lowest BCUT2D eigenvalue weighted by molar-refractivity contribution is -0.122. The molecule has 4 rings (SSSR count). The number of carbonyl (C=O) groups is 2. The summed E-state index contributed by atoms with van der Waals surface area (Å²) in [4.78, 5) is 26.2. The fraction of sp³-hybridized carbons (Fsp3) is 0.490. The van der Waals surface area contributed by atoms with Gasteiger partial charge in [-0.1, -0.05) is 119 Å². The van der Waals surface area contributed by atoms with E-state index in [2.05, 4.69) is 93.7 Å². The molecule has 8 nitrogen and oxygen atoms in total. The molecule has 0 saturated heterocycles. The molecule has 0 atom stereocenters. The van der Waals surface area contributed by atoms with Gasteiger partial charge in [0.2, 0.25) is 11.8 Å². The van der Waals surface area contributed by atoms with E-state index in [0.29, 0.717) is 46.6 Å². The van der Waals surface area contributed by atoms with Crippen molar-refractivity contribution in [3.63, 3.8) is 0 Å². The minimum absolute atomic E-state index is 0.102. The molecule has 2 amide bonds. The van der Waals surface area contributed by atoms with Gasteiger partial charge in [0.05, 0.1) is 0 Å². The van der Waals surface area contributed by atoms with E-state index in [1.807, 2.05) is 62.4 Å². The Balaban J connectivity index is 1.42. The summed E-state index contributed by atoms with van der Waals surface area (Å²) >= 11 is 0. The zero-order valence-corrected chi connectivity index (χ0v) is 38.2. The van der Waals surface area contributed by atoms with E-state index in [9.17, 15) is 30.0 Å². The van der Waals surface area contributed by atoms with Crippen molar-refractivity contribution < 1.29 is 30.0 Å². The van der Waals surface area contributed by atoms with Crippen molar-refractivity contribution in [1.29, 1.82) is 0 Å². The molecular formula is C51H70N2O6. The van der Waals surface area contributed by atoms with Crippen LogP contribution in [0.1, 0.15) is 163 Å². The van der Waals surface area contributed by atoms with Gasteiger partial charge >= 0.3 is 0 Å². The number of benzene rings is 4. The molecule has 0 spiro atoms. The fourth-order valence-corrected chi connectivity index (χ4v) is 7.60. The molecule has 4 aromatic rings. The van der Waals surface area contributed by atoms with E-state index in [4.69, 9.17) is 0 Å². The molecule has 0 aromatic heterocycles. The predicted octanol–water partition coefficient (Wildman–Crippen LogP) is 10.4. The Bertz CT molecular complexity index is 1960. The third-order valence-electron chi connectivity index (χ3n) is 11.1. The second-order valence-electron chi connectivity index (χ2n) is 20.7. The molecule has 0 unspecified atom stereocenters. The SMILES string of the molecule is Cc1cc(CNC(=O)CCc2cc(C(C)(C)C)c(O)c(C(C)(C)C)c2)cc(Cc2cc(CNC(=O)CCc3cc(C(C)(C)C)c(O)c(C(C)(C)C)c3)cc(C)c2O)c1O. The first kappa shape index (κ1) is 46.7. The van der Waals surface area contributed by atoms with Crippen LogP contribution in [0.3, 0.4) is 0 Å². The molecule has 0 fully saturated rings. The topological polar surface area (TPSA) is 139 Å². The van der Waals surface area contributed by atoms with Crippen LogP contribution in [-0.4, -0.2) is 32.2 Å². The standard InChI is InChI=1S/C51H70N2O6/c1-30-19-34(28-52-42(54)17-15-32-23-38(48(3,4)5)46(58)39(24-32)49(6,7)8)21-36(44(30)56)27-37-22-35(20-31(2)45(37)57)29-53-43(55)18-16-33-25-40(50(9,10)11)47(59)41(26-33)51(12,13)14/h19-26,56-59H,15-18,27-29H2,1-14H3,(H,52,54)(H,53,55). The summed E-state index contributed by atoms with van der Waals surface area (Å²) in [5, 5.41) is 50.4. The van der Waals surface area contributed by atoms with Crippen LogP contribution in [0.4, 0.5) is 0 Å². The maximum Gasteiger partial charge on any atom is 0.220 e. The lowest BCUT2D eigenvalue weighted by atomic mass is 9.78. The Hall–Kier alpha value is -4.98. The van der Waals surface area contributed by atoms with Crippen molar-refractivity contribution in [3.05, 3.63) is 115 Å².